The van der Waals surface area contributed by atoms with Gasteiger partial charge < -0.3 is 0 Å². The maximum Gasteiger partial charge on any atom is 0.265 e. The molecule has 0 N–H and O–H groups in total. The monoisotopic (exact) mass is 350 g/mol. The summed E-state index contributed by atoms with van der Waals surface area (Å²) in [6.07, 6.45) is 0.606. The Kier molecular flexibility index (Phi) is 2.71. The van der Waals surface area contributed by atoms with Crippen LogP contribution in [-0.4, -0.2) is 15.3 Å². The molecule has 6 rings (SSSR count). The summed E-state index contributed by atoms with van der Waals surface area (Å²) < 4.78 is 1.69. The number of carbonyl (C=O) groups is 1. The van der Waals surface area contributed by atoms with Crippen LogP contribution in [0.1, 0.15) is 38.8 Å². The van der Waals surface area contributed by atoms with Gasteiger partial charge in [0.15, 0.2) is 5.78 Å². The lowest BCUT2D eigenvalue weighted by Gasteiger charge is -2.34. The van der Waals surface area contributed by atoms with E-state index in [0.717, 1.165) is 28.2 Å². The number of para-hydroxylation sites is 1. The van der Waals surface area contributed by atoms with Crippen LogP contribution in [0.5, 0.6) is 0 Å². The Bertz CT molecular complexity index is 1350. The first-order valence-electron chi connectivity index (χ1n) is 9.01. The molecule has 4 heteroatoms. The molecule has 128 valence electrons. The minimum atomic E-state index is -0.0752. The topological polar surface area (TPSA) is 52.0 Å². The van der Waals surface area contributed by atoms with Crippen molar-refractivity contribution in [3.8, 4) is 5.69 Å². The standard InChI is InChI=1S/C23H14N2O2/c26-22-14-7-2-1-6-13(14)17-12-20-24-18-10-4-3-8-15(18)23(27)25(20)19-11-5-9-16(22)21(17)19/h1-11,17H,12H2. The SMILES string of the molecule is O=C1c2ccccc2C2Cc3nc4ccccc4c(=O)n3-c3cccc1c32. The van der Waals surface area contributed by atoms with Crippen LogP contribution in [0.15, 0.2) is 71.5 Å². The average Bonchev–Trinajstić information content (AvgIpc) is 2.71. The third-order valence-electron chi connectivity index (χ3n) is 5.73. The van der Waals surface area contributed by atoms with Gasteiger partial charge in [-0.05, 0) is 29.3 Å². The molecule has 0 spiro atoms. The zero-order valence-corrected chi connectivity index (χ0v) is 14.3. The molecule has 2 aliphatic rings. The van der Waals surface area contributed by atoms with Crippen molar-refractivity contribution < 1.29 is 4.79 Å². The number of fused-ring (bicyclic) bond motifs is 5. The van der Waals surface area contributed by atoms with Crippen LogP contribution >= 0.6 is 0 Å². The lowest BCUT2D eigenvalue weighted by molar-refractivity contribution is 0.103. The summed E-state index contributed by atoms with van der Waals surface area (Å²) in [5.41, 5.74) is 4.85. The minimum absolute atomic E-state index is 0.0314. The van der Waals surface area contributed by atoms with Gasteiger partial charge in [0.1, 0.15) is 5.82 Å². The minimum Gasteiger partial charge on any atom is -0.289 e. The molecule has 1 aromatic heterocycles. The van der Waals surface area contributed by atoms with E-state index in [2.05, 4.69) is 0 Å². The number of benzene rings is 3. The number of aromatic nitrogens is 2. The lowest BCUT2D eigenvalue weighted by Crippen LogP contribution is -2.33. The van der Waals surface area contributed by atoms with Crippen LogP contribution in [0.4, 0.5) is 0 Å². The maximum atomic E-state index is 13.2. The van der Waals surface area contributed by atoms with Crippen LogP contribution in [0.2, 0.25) is 0 Å². The molecule has 0 amide bonds. The maximum absolute atomic E-state index is 13.2. The number of hydrogen-bond acceptors (Lipinski definition) is 3. The van der Waals surface area contributed by atoms with Gasteiger partial charge in [0.2, 0.25) is 0 Å². The highest BCUT2D eigenvalue weighted by molar-refractivity contribution is 6.13. The van der Waals surface area contributed by atoms with Crippen LogP contribution in [0.25, 0.3) is 16.6 Å². The molecule has 3 aromatic carbocycles. The van der Waals surface area contributed by atoms with Gasteiger partial charge >= 0.3 is 0 Å². The fraction of sp³-hybridized carbons (Fsp3) is 0.0870. The van der Waals surface area contributed by atoms with Gasteiger partial charge in [-0.3, -0.25) is 14.2 Å². The van der Waals surface area contributed by atoms with Gasteiger partial charge in [-0.25, -0.2) is 4.98 Å². The van der Waals surface area contributed by atoms with Crippen molar-refractivity contribution in [2.24, 2.45) is 0 Å². The Morgan fingerprint density at radius 1 is 0.852 bits per heavy atom. The van der Waals surface area contributed by atoms with Gasteiger partial charge in [-0.2, -0.15) is 0 Å². The van der Waals surface area contributed by atoms with E-state index in [9.17, 15) is 9.59 Å². The number of hydrogen-bond donors (Lipinski definition) is 0. The molecule has 0 bridgehead atoms. The van der Waals surface area contributed by atoms with Crippen molar-refractivity contribution in [1.29, 1.82) is 0 Å². The third-order valence-corrected chi connectivity index (χ3v) is 5.73. The molecule has 27 heavy (non-hydrogen) atoms. The molecule has 4 aromatic rings. The highest BCUT2D eigenvalue weighted by Gasteiger charge is 2.37. The van der Waals surface area contributed by atoms with Crippen molar-refractivity contribution >= 4 is 16.7 Å². The normalized spacial score (nSPS) is 16.6. The second-order valence-corrected chi connectivity index (χ2v) is 7.10. The zero-order valence-electron chi connectivity index (χ0n) is 14.3. The molecule has 1 aliphatic heterocycles. The first-order chi connectivity index (χ1) is 13.2. The van der Waals surface area contributed by atoms with E-state index in [0.29, 0.717) is 22.9 Å². The quantitative estimate of drug-likeness (QED) is 0.487. The summed E-state index contributed by atoms with van der Waals surface area (Å²) in [6, 6.07) is 20.9. The average molecular weight is 350 g/mol. The predicted octanol–water partition coefficient (Wildman–Crippen LogP) is 3.62. The molecular formula is C23H14N2O2. The molecule has 0 saturated heterocycles. The van der Waals surface area contributed by atoms with E-state index >= 15 is 0 Å². The van der Waals surface area contributed by atoms with Gasteiger partial charge in [0.05, 0.1) is 16.6 Å². The van der Waals surface area contributed by atoms with Crippen molar-refractivity contribution in [2.45, 2.75) is 12.3 Å². The van der Waals surface area contributed by atoms with E-state index in [1.165, 1.54) is 0 Å². The van der Waals surface area contributed by atoms with Crippen LogP contribution in [0, 0.1) is 0 Å². The summed E-state index contributed by atoms with van der Waals surface area (Å²) in [7, 11) is 0. The molecular weight excluding hydrogens is 336 g/mol. The smallest absolute Gasteiger partial charge is 0.265 e. The zero-order chi connectivity index (χ0) is 18.1. The van der Waals surface area contributed by atoms with Gasteiger partial charge in [-0.1, -0.05) is 48.5 Å². The Balaban J connectivity index is 1.75. The number of ketones is 1. The molecule has 0 saturated carbocycles. The lowest BCUT2D eigenvalue weighted by atomic mass is 9.74. The van der Waals surface area contributed by atoms with E-state index in [1.54, 1.807) is 10.6 Å². The Morgan fingerprint density at radius 3 is 2.56 bits per heavy atom. The summed E-state index contributed by atoms with van der Waals surface area (Å²) in [6.45, 7) is 0. The Hall–Kier alpha value is -3.53. The second kappa shape index (κ2) is 5.01. The summed E-state index contributed by atoms with van der Waals surface area (Å²) >= 11 is 0. The number of carbonyl (C=O) groups excluding carboxylic acids is 1. The van der Waals surface area contributed by atoms with Crippen molar-refractivity contribution in [3.63, 3.8) is 0 Å². The second-order valence-electron chi connectivity index (χ2n) is 7.10. The van der Waals surface area contributed by atoms with Crippen LogP contribution in [0.3, 0.4) is 0 Å². The first-order valence-corrected chi connectivity index (χ1v) is 9.01. The molecule has 1 unspecified atom stereocenters. The van der Waals surface area contributed by atoms with E-state index < -0.39 is 0 Å². The van der Waals surface area contributed by atoms with Crippen molar-refractivity contribution in [1.82, 2.24) is 9.55 Å². The fourth-order valence-corrected chi connectivity index (χ4v) is 4.58. The Morgan fingerprint density at radius 2 is 1.63 bits per heavy atom. The largest absolute Gasteiger partial charge is 0.289 e. The molecule has 0 fully saturated rings. The first kappa shape index (κ1) is 14.6. The number of nitrogens with zero attached hydrogens (tertiary/aromatic N) is 2. The molecule has 4 nitrogen and oxygen atoms in total. The highest BCUT2D eigenvalue weighted by atomic mass is 16.1. The molecule has 1 atom stereocenters. The van der Waals surface area contributed by atoms with Gasteiger partial charge in [0, 0.05) is 23.5 Å². The summed E-state index contributed by atoms with van der Waals surface area (Å²) in [5, 5.41) is 0.597. The molecule has 2 heterocycles. The number of rotatable bonds is 0. The fourth-order valence-electron chi connectivity index (χ4n) is 4.58. The van der Waals surface area contributed by atoms with Crippen LogP contribution < -0.4 is 5.56 Å². The van der Waals surface area contributed by atoms with E-state index in [4.69, 9.17) is 4.98 Å². The molecule has 1 aliphatic carbocycles. The third kappa shape index (κ3) is 1.79. The van der Waals surface area contributed by atoms with E-state index in [-0.39, 0.29) is 17.3 Å². The van der Waals surface area contributed by atoms with E-state index in [1.807, 2.05) is 60.7 Å². The predicted molar refractivity (Wildman–Crippen MR) is 103 cm³/mol. The Labute approximate surface area is 154 Å². The van der Waals surface area contributed by atoms with Gasteiger partial charge in [0.25, 0.3) is 5.56 Å². The molecule has 0 radical (unpaired) electrons. The van der Waals surface area contributed by atoms with Gasteiger partial charge in [-0.15, -0.1) is 0 Å². The summed E-state index contributed by atoms with van der Waals surface area (Å²) in [4.78, 5) is 31.1. The van der Waals surface area contributed by atoms with Crippen LogP contribution in [-0.2, 0) is 6.42 Å². The van der Waals surface area contributed by atoms with Crippen molar-refractivity contribution in [3.05, 3.63) is 105 Å². The highest BCUT2D eigenvalue weighted by Crippen LogP contribution is 2.43. The van der Waals surface area contributed by atoms with Crippen molar-refractivity contribution in [2.75, 3.05) is 0 Å². The summed E-state index contributed by atoms with van der Waals surface area (Å²) in [5.74, 6) is 0.819.